The van der Waals surface area contributed by atoms with Crippen LogP contribution in [-0.4, -0.2) is 40.5 Å². The van der Waals surface area contributed by atoms with E-state index in [0.29, 0.717) is 5.92 Å². The van der Waals surface area contributed by atoms with Crippen LogP contribution in [0.1, 0.15) is 12.8 Å². The maximum absolute atomic E-state index is 5.19. The molecule has 3 heteroatoms. The second kappa shape index (κ2) is 6.35. The van der Waals surface area contributed by atoms with Crippen LogP contribution in [-0.2, 0) is 9.47 Å². The van der Waals surface area contributed by atoms with Gasteiger partial charge >= 0.3 is 0 Å². The van der Waals surface area contributed by atoms with Crippen LogP contribution in [0, 0.1) is 11.8 Å². The van der Waals surface area contributed by atoms with E-state index in [1.807, 2.05) is 0 Å². The molecule has 13 heavy (non-hydrogen) atoms. The number of nitrogens with one attached hydrogen (secondary N) is 1. The van der Waals surface area contributed by atoms with Gasteiger partial charge in [0.05, 0.1) is 13.2 Å². The Balaban J connectivity index is 2.00. The van der Waals surface area contributed by atoms with Gasteiger partial charge in [0.1, 0.15) is 0 Å². The van der Waals surface area contributed by atoms with Gasteiger partial charge in [-0.1, -0.05) is 0 Å². The SMILES string of the molecule is COCCNCC(COC)C1CC1. The highest BCUT2D eigenvalue weighted by atomic mass is 16.5. The standard InChI is InChI=1S/C10H21NO2/c1-12-6-5-11-7-10(8-13-2)9-3-4-9/h9-11H,3-8H2,1-2H3. The van der Waals surface area contributed by atoms with Crippen molar-refractivity contribution in [3.63, 3.8) is 0 Å². The molecule has 1 rings (SSSR count). The molecule has 1 N–H and O–H groups in total. The van der Waals surface area contributed by atoms with Crippen molar-refractivity contribution < 1.29 is 9.47 Å². The smallest absolute Gasteiger partial charge is 0.0587 e. The minimum atomic E-state index is 0.710. The summed E-state index contributed by atoms with van der Waals surface area (Å²) in [5.41, 5.74) is 0. The van der Waals surface area contributed by atoms with Crippen LogP contribution in [0.3, 0.4) is 0 Å². The molecule has 0 radical (unpaired) electrons. The fourth-order valence-electron chi connectivity index (χ4n) is 1.61. The summed E-state index contributed by atoms with van der Waals surface area (Å²) in [7, 11) is 3.51. The third kappa shape index (κ3) is 4.60. The summed E-state index contributed by atoms with van der Waals surface area (Å²) in [4.78, 5) is 0. The zero-order valence-electron chi connectivity index (χ0n) is 8.71. The van der Waals surface area contributed by atoms with Gasteiger partial charge in [-0.15, -0.1) is 0 Å². The number of rotatable bonds is 8. The average molecular weight is 187 g/mol. The van der Waals surface area contributed by atoms with E-state index in [2.05, 4.69) is 5.32 Å². The predicted molar refractivity (Wildman–Crippen MR) is 52.8 cm³/mol. The molecule has 0 aromatic rings. The molecule has 0 saturated heterocycles. The first kappa shape index (κ1) is 11.0. The van der Waals surface area contributed by atoms with E-state index >= 15 is 0 Å². The summed E-state index contributed by atoms with van der Waals surface area (Å²) in [5.74, 6) is 1.62. The van der Waals surface area contributed by atoms with Gasteiger partial charge in [-0.05, 0) is 24.7 Å². The molecule has 0 heterocycles. The van der Waals surface area contributed by atoms with Crippen molar-refractivity contribution in [3.05, 3.63) is 0 Å². The molecule has 0 aliphatic heterocycles. The van der Waals surface area contributed by atoms with Crippen molar-refractivity contribution in [1.29, 1.82) is 0 Å². The number of ether oxygens (including phenoxy) is 2. The third-order valence-electron chi connectivity index (χ3n) is 2.56. The monoisotopic (exact) mass is 187 g/mol. The summed E-state index contributed by atoms with van der Waals surface area (Å²) in [6, 6.07) is 0. The highest BCUT2D eigenvalue weighted by Gasteiger charge is 2.30. The lowest BCUT2D eigenvalue weighted by Gasteiger charge is -2.15. The van der Waals surface area contributed by atoms with Gasteiger partial charge in [0.2, 0.25) is 0 Å². The first-order valence-electron chi connectivity index (χ1n) is 5.07. The molecule has 1 aliphatic rings. The first-order valence-corrected chi connectivity index (χ1v) is 5.07. The number of methoxy groups -OCH3 is 2. The zero-order chi connectivity index (χ0) is 9.52. The van der Waals surface area contributed by atoms with E-state index in [4.69, 9.17) is 9.47 Å². The molecule has 78 valence electrons. The number of hydrogen-bond acceptors (Lipinski definition) is 3. The summed E-state index contributed by atoms with van der Waals surface area (Å²) < 4.78 is 10.2. The van der Waals surface area contributed by atoms with Gasteiger partial charge in [-0.25, -0.2) is 0 Å². The highest BCUT2D eigenvalue weighted by Crippen LogP contribution is 2.36. The van der Waals surface area contributed by atoms with Crippen molar-refractivity contribution in [2.75, 3.05) is 40.5 Å². The second-order valence-electron chi connectivity index (χ2n) is 3.75. The van der Waals surface area contributed by atoms with E-state index in [1.54, 1.807) is 14.2 Å². The Morgan fingerprint density at radius 3 is 2.62 bits per heavy atom. The lowest BCUT2D eigenvalue weighted by molar-refractivity contribution is 0.137. The van der Waals surface area contributed by atoms with Crippen molar-refractivity contribution >= 4 is 0 Å². The second-order valence-corrected chi connectivity index (χ2v) is 3.75. The zero-order valence-corrected chi connectivity index (χ0v) is 8.71. The van der Waals surface area contributed by atoms with Gasteiger partial charge < -0.3 is 14.8 Å². The van der Waals surface area contributed by atoms with E-state index in [1.165, 1.54) is 12.8 Å². The first-order chi connectivity index (χ1) is 6.38. The molecular weight excluding hydrogens is 166 g/mol. The molecule has 0 bridgehead atoms. The average Bonchev–Trinajstić information content (AvgIpc) is 2.93. The predicted octanol–water partition coefficient (Wildman–Crippen LogP) is 0.895. The van der Waals surface area contributed by atoms with Crippen molar-refractivity contribution in [1.82, 2.24) is 5.32 Å². The maximum Gasteiger partial charge on any atom is 0.0587 e. The topological polar surface area (TPSA) is 30.5 Å². The van der Waals surface area contributed by atoms with Crippen LogP contribution in [0.15, 0.2) is 0 Å². The maximum atomic E-state index is 5.19. The molecule has 0 amide bonds. The highest BCUT2D eigenvalue weighted by molar-refractivity contribution is 4.82. The van der Waals surface area contributed by atoms with E-state index in [9.17, 15) is 0 Å². The Kier molecular flexibility index (Phi) is 5.35. The fourth-order valence-corrected chi connectivity index (χ4v) is 1.61. The lowest BCUT2D eigenvalue weighted by atomic mass is 10.1. The van der Waals surface area contributed by atoms with Crippen LogP contribution in [0.4, 0.5) is 0 Å². The van der Waals surface area contributed by atoms with Crippen LogP contribution in [0.5, 0.6) is 0 Å². The minimum Gasteiger partial charge on any atom is -0.384 e. The van der Waals surface area contributed by atoms with Crippen LogP contribution in [0.25, 0.3) is 0 Å². The molecule has 1 atom stereocenters. The summed E-state index contributed by atoms with van der Waals surface area (Å²) in [6.07, 6.45) is 2.78. The van der Waals surface area contributed by atoms with Crippen molar-refractivity contribution in [2.24, 2.45) is 11.8 Å². The van der Waals surface area contributed by atoms with Crippen molar-refractivity contribution in [2.45, 2.75) is 12.8 Å². The Bertz CT molecular complexity index is 126. The van der Waals surface area contributed by atoms with Gasteiger partial charge in [0.25, 0.3) is 0 Å². The Morgan fingerprint density at radius 2 is 2.08 bits per heavy atom. The fraction of sp³-hybridized carbons (Fsp3) is 1.00. The van der Waals surface area contributed by atoms with Crippen LogP contribution >= 0.6 is 0 Å². The van der Waals surface area contributed by atoms with Crippen molar-refractivity contribution in [3.8, 4) is 0 Å². The molecule has 1 unspecified atom stereocenters. The summed E-state index contributed by atoms with van der Waals surface area (Å²) >= 11 is 0. The van der Waals surface area contributed by atoms with Gasteiger partial charge in [-0.2, -0.15) is 0 Å². The molecule has 0 spiro atoms. The van der Waals surface area contributed by atoms with E-state index < -0.39 is 0 Å². The normalized spacial score (nSPS) is 18.9. The Labute approximate surface area is 80.8 Å². The number of hydrogen-bond donors (Lipinski definition) is 1. The molecule has 1 saturated carbocycles. The lowest BCUT2D eigenvalue weighted by Crippen LogP contribution is -2.29. The molecule has 1 aliphatic carbocycles. The van der Waals surface area contributed by atoms with Gasteiger partial charge in [-0.3, -0.25) is 0 Å². The van der Waals surface area contributed by atoms with E-state index in [-0.39, 0.29) is 0 Å². The molecule has 1 fully saturated rings. The Morgan fingerprint density at radius 1 is 1.31 bits per heavy atom. The molecule has 0 aromatic heterocycles. The molecular formula is C10H21NO2. The molecule has 0 aromatic carbocycles. The van der Waals surface area contributed by atoms with Crippen LogP contribution in [0.2, 0.25) is 0 Å². The minimum absolute atomic E-state index is 0.710. The molecule has 3 nitrogen and oxygen atoms in total. The third-order valence-corrected chi connectivity index (χ3v) is 2.56. The summed E-state index contributed by atoms with van der Waals surface area (Å²) in [5, 5.41) is 3.39. The van der Waals surface area contributed by atoms with Gasteiger partial charge in [0.15, 0.2) is 0 Å². The van der Waals surface area contributed by atoms with Gasteiger partial charge in [0, 0.05) is 27.3 Å². The van der Waals surface area contributed by atoms with Crippen LogP contribution < -0.4 is 5.32 Å². The van der Waals surface area contributed by atoms with E-state index in [0.717, 1.165) is 32.2 Å². The summed E-state index contributed by atoms with van der Waals surface area (Å²) in [6.45, 7) is 3.71. The largest absolute Gasteiger partial charge is 0.384 e. The quantitative estimate of drug-likeness (QED) is 0.573. The Hall–Kier alpha value is -0.120.